The maximum absolute atomic E-state index is 12.9. The first-order chi connectivity index (χ1) is 7.66. The van der Waals surface area contributed by atoms with Crippen molar-refractivity contribution in [1.29, 1.82) is 0 Å². The van der Waals surface area contributed by atoms with Gasteiger partial charge in [-0.05, 0) is 24.3 Å². The number of ketones is 1. The minimum atomic E-state index is -0.484. The Kier molecular flexibility index (Phi) is 4.35. The normalized spacial score (nSPS) is 9.53. The van der Waals surface area contributed by atoms with E-state index >= 15 is 0 Å². The molecule has 0 spiro atoms. The van der Waals surface area contributed by atoms with Crippen LogP contribution >= 0.6 is 12.4 Å². The third kappa shape index (κ3) is 3.11. The monoisotopic (exact) mass is 254 g/mol. The van der Waals surface area contributed by atoms with Gasteiger partial charge in [0.05, 0.1) is 0 Å². The molecule has 0 aliphatic carbocycles. The lowest BCUT2D eigenvalue weighted by molar-refractivity contribution is 0.103. The van der Waals surface area contributed by atoms with E-state index in [2.05, 4.69) is 0 Å². The van der Waals surface area contributed by atoms with Gasteiger partial charge >= 0.3 is 0 Å². The molecule has 0 amide bonds. The van der Waals surface area contributed by atoms with Crippen LogP contribution in [0.3, 0.4) is 0 Å². The van der Waals surface area contributed by atoms with Gasteiger partial charge in [-0.3, -0.25) is 4.79 Å². The van der Waals surface area contributed by atoms with Crippen LogP contribution in [0.1, 0.15) is 15.9 Å². The molecular weight excluding hydrogens is 246 g/mol. The van der Waals surface area contributed by atoms with Crippen molar-refractivity contribution in [3.05, 3.63) is 71.3 Å². The summed E-state index contributed by atoms with van der Waals surface area (Å²) in [6.07, 6.45) is 0. The quantitative estimate of drug-likeness (QED) is 0.748. The molecule has 0 heterocycles. The van der Waals surface area contributed by atoms with Crippen LogP contribution in [0.25, 0.3) is 0 Å². The Balaban J connectivity index is 0.00000144. The Morgan fingerprint density at radius 3 is 1.59 bits per heavy atom. The van der Waals surface area contributed by atoms with Crippen LogP contribution in [0, 0.1) is 11.6 Å². The van der Waals surface area contributed by atoms with E-state index in [-0.39, 0.29) is 29.3 Å². The van der Waals surface area contributed by atoms with Crippen molar-refractivity contribution in [2.75, 3.05) is 0 Å². The van der Waals surface area contributed by atoms with Gasteiger partial charge in [-0.25, -0.2) is 8.78 Å². The van der Waals surface area contributed by atoms with Crippen LogP contribution in [0.15, 0.2) is 48.5 Å². The molecule has 0 aliphatic heterocycles. The fraction of sp³-hybridized carbons (Fsp3) is 0. The molecule has 0 atom stereocenters. The molecule has 17 heavy (non-hydrogen) atoms. The Labute approximate surface area is 103 Å². The SMILES string of the molecule is Cl.O=C(c1cccc(F)c1)c1cccc(F)c1. The van der Waals surface area contributed by atoms with Crippen LogP contribution in [0.4, 0.5) is 8.78 Å². The van der Waals surface area contributed by atoms with Crippen LogP contribution < -0.4 is 0 Å². The average molecular weight is 255 g/mol. The van der Waals surface area contributed by atoms with Crippen molar-refractivity contribution in [1.82, 2.24) is 0 Å². The third-order valence-corrected chi connectivity index (χ3v) is 2.17. The summed E-state index contributed by atoms with van der Waals surface area (Å²) in [6.45, 7) is 0. The van der Waals surface area contributed by atoms with Crippen molar-refractivity contribution < 1.29 is 13.6 Å². The summed E-state index contributed by atoms with van der Waals surface area (Å²) in [5.74, 6) is -1.36. The Morgan fingerprint density at radius 2 is 1.24 bits per heavy atom. The van der Waals surface area contributed by atoms with E-state index in [1.165, 1.54) is 36.4 Å². The van der Waals surface area contributed by atoms with E-state index in [1.807, 2.05) is 0 Å². The fourth-order valence-electron chi connectivity index (χ4n) is 1.43. The lowest BCUT2D eigenvalue weighted by atomic mass is 10.0. The Hall–Kier alpha value is -1.74. The van der Waals surface area contributed by atoms with Crippen LogP contribution in [0.2, 0.25) is 0 Å². The number of hydrogen-bond donors (Lipinski definition) is 0. The van der Waals surface area contributed by atoms with Gasteiger partial charge < -0.3 is 0 Å². The number of carbonyl (C=O) groups excluding carboxylic acids is 1. The Bertz CT molecular complexity index is 493. The molecule has 0 saturated carbocycles. The van der Waals surface area contributed by atoms with Crippen molar-refractivity contribution in [2.24, 2.45) is 0 Å². The number of hydrogen-bond acceptors (Lipinski definition) is 1. The number of rotatable bonds is 2. The van der Waals surface area contributed by atoms with E-state index in [9.17, 15) is 13.6 Å². The van der Waals surface area contributed by atoms with Gasteiger partial charge in [0.2, 0.25) is 0 Å². The second kappa shape index (κ2) is 5.55. The summed E-state index contributed by atoms with van der Waals surface area (Å²) in [4.78, 5) is 11.8. The standard InChI is InChI=1S/C13H8F2O.ClH/c14-11-5-1-3-9(7-11)13(16)10-4-2-6-12(15)8-10;/h1-8H;1H. The molecule has 0 fully saturated rings. The number of carbonyl (C=O) groups is 1. The Morgan fingerprint density at radius 1 is 0.824 bits per heavy atom. The smallest absolute Gasteiger partial charge is 0.193 e. The zero-order valence-electron chi connectivity index (χ0n) is 8.69. The van der Waals surface area contributed by atoms with E-state index in [4.69, 9.17) is 0 Å². The van der Waals surface area contributed by atoms with Gasteiger partial charge in [0.15, 0.2) is 5.78 Å². The zero-order chi connectivity index (χ0) is 11.5. The first kappa shape index (κ1) is 13.3. The topological polar surface area (TPSA) is 17.1 Å². The predicted octanol–water partition coefficient (Wildman–Crippen LogP) is 3.62. The molecule has 0 unspecified atom stereocenters. The van der Waals surface area contributed by atoms with Gasteiger partial charge in [0, 0.05) is 11.1 Å². The predicted molar refractivity (Wildman–Crippen MR) is 63.5 cm³/mol. The van der Waals surface area contributed by atoms with Crippen molar-refractivity contribution >= 4 is 18.2 Å². The third-order valence-electron chi connectivity index (χ3n) is 2.17. The molecule has 0 saturated heterocycles. The summed E-state index contributed by atoms with van der Waals surface area (Å²) in [7, 11) is 0. The van der Waals surface area contributed by atoms with Crippen molar-refractivity contribution in [2.45, 2.75) is 0 Å². The number of benzene rings is 2. The van der Waals surface area contributed by atoms with Crippen LogP contribution in [-0.4, -0.2) is 5.78 Å². The second-order valence-corrected chi connectivity index (χ2v) is 3.35. The summed E-state index contributed by atoms with van der Waals surface area (Å²) in [6, 6.07) is 10.7. The highest BCUT2D eigenvalue weighted by molar-refractivity contribution is 6.08. The molecule has 0 N–H and O–H groups in total. The van der Waals surface area contributed by atoms with Gasteiger partial charge in [-0.15, -0.1) is 12.4 Å². The van der Waals surface area contributed by atoms with Gasteiger partial charge in [0.1, 0.15) is 11.6 Å². The summed E-state index contributed by atoms with van der Waals surface area (Å²) in [5, 5.41) is 0. The maximum atomic E-state index is 12.9. The molecule has 2 rings (SSSR count). The molecule has 0 aromatic heterocycles. The van der Waals surface area contributed by atoms with Gasteiger partial charge in [-0.2, -0.15) is 0 Å². The van der Waals surface area contributed by atoms with E-state index in [0.29, 0.717) is 0 Å². The second-order valence-electron chi connectivity index (χ2n) is 3.35. The largest absolute Gasteiger partial charge is 0.289 e. The molecule has 4 heteroatoms. The first-order valence-electron chi connectivity index (χ1n) is 4.72. The fourth-order valence-corrected chi connectivity index (χ4v) is 1.43. The minimum absolute atomic E-state index is 0. The first-order valence-corrected chi connectivity index (χ1v) is 4.72. The number of halogens is 3. The lowest BCUT2D eigenvalue weighted by Crippen LogP contribution is -2.01. The highest BCUT2D eigenvalue weighted by atomic mass is 35.5. The maximum Gasteiger partial charge on any atom is 0.193 e. The van der Waals surface area contributed by atoms with E-state index in [1.54, 1.807) is 0 Å². The van der Waals surface area contributed by atoms with Crippen LogP contribution in [-0.2, 0) is 0 Å². The molecule has 0 radical (unpaired) electrons. The molecular formula is C13H9ClF2O. The lowest BCUT2D eigenvalue weighted by Gasteiger charge is -2.01. The van der Waals surface area contributed by atoms with Gasteiger partial charge in [-0.1, -0.05) is 24.3 Å². The molecule has 1 nitrogen and oxygen atoms in total. The van der Waals surface area contributed by atoms with Crippen molar-refractivity contribution in [3.63, 3.8) is 0 Å². The summed E-state index contributed by atoms with van der Waals surface area (Å²) < 4.78 is 25.8. The highest BCUT2D eigenvalue weighted by Gasteiger charge is 2.09. The van der Waals surface area contributed by atoms with Crippen LogP contribution in [0.5, 0.6) is 0 Å². The highest BCUT2D eigenvalue weighted by Crippen LogP contribution is 2.12. The summed E-state index contributed by atoms with van der Waals surface area (Å²) in [5.41, 5.74) is 0.427. The molecule has 0 aliphatic rings. The molecule has 2 aromatic rings. The molecule has 88 valence electrons. The van der Waals surface area contributed by atoms with E-state index in [0.717, 1.165) is 12.1 Å². The minimum Gasteiger partial charge on any atom is -0.289 e. The van der Waals surface area contributed by atoms with Gasteiger partial charge in [0.25, 0.3) is 0 Å². The molecule has 0 bridgehead atoms. The van der Waals surface area contributed by atoms with Crippen molar-refractivity contribution in [3.8, 4) is 0 Å². The molecule has 2 aromatic carbocycles. The zero-order valence-corrected chi connectivity index (χ0v) is 9.51. The summed E-state index contributed by atoms with van der Waals surface area (Å²) >= 11 is 0. The average Bonchev–Trinajstić information content (AvgIpc) is 2.28. The van der Waals surface area contributed by atoms with E-state index < -0.39 is 11.6 Å².